The third-order valence-electron chi connectivity index (χ3n) is 4.41. The third-order valence-corrected chi connectivity index (χ3v) is 4.62. The van der Waals surface area contributed by atoms with Crippen molar-refractivity contribution >= 4 is 34.5 Å². The quantitative estimate of drug-likeness (QED) is 0.484. The highest BCUT2D eigenvalue weighted by atomic mass is 32.1. The number of aryl methyl sites for hydroxylation is 1. The van der Waals surface area contributed by atoms with E-state index in [-0.39, 0.29) is 11.6 Å². The molecule has 0 saturated heterocycles. The molecule has 7 heteroatoms. The van der Waals surface area contributed by atoms with Gasteiger partial charge in [0.1, 0.15) is 5.82 Å². The van der Waals surface area contributed by atoms with Gasteiger partial charge in [-0.25, -0.2) is 4.39 Å². The minimum absolute atomic E-state index is 0.0204. The van der Waals surface area contributed by atoms with Gasteiger partial charge in [0.25, 0.3) is 0 Å². The van der Waals surface area contributed by atoms with Crippen LogP contribution in [-0.2, 0) is 6.54 Å². The average Bonchev–Trinajstić information content (AvgIpc) is 2.91. The van der Waals surface area contributed by atoms with E-state index in [1.807, 2.05) is 30.7 Å². The van der Waals surface area contributed by atoms with Gasteiger partial charge in [-0.3, -0.25) is 9.48 Å². The van der Waals surface area contributed by atoms with Crippen LogP contribution in [-0.4, -0.2) is 20.7 Å². The van der Waals surface area contributed by atoms with Crippen LogP contribution in [0.5, 0.6) is 0 Å². The first-order chi connectivity index (χ1) is 13.3. The number of nitrogens with one attached hydrogen (secondary N) is 2. The first-order valence-corrected chi connectivity index (χ1v) is 9.22. The minimum Gasteiger partial charge on any atom is -0.332 e. The molecule has 0 unspecified atom stereocenters. The molecular weight excluding hydrogens is 375 g/mol. The number of Topliss-reactive ketones (excluding diaryl/α,β-unsaturated/α-hetero) is 1. The molecule has 3 aromatic rings. The first kappa shape index (κ1) is 19.7. The number of thiocarbonyl (C=S) groups is 1. The monoisotopic (exact) mass is 396 g/mol. The second-order valence-corrected chi connectivity index (χ2v) is 6.95. The standard InChI is InChI=1S/C21H21FN4OS/c1-13-20(14(2)26(25-13)12-16-4-8-18(22)9-5-16)24-21(28)23-19-10-6-17(7-11-19)15(3)27/h4-11H,12H2,1-3H3,(H2,23,24,28). The predicted octanol–water partition coefficient (Wildman–Crippen LogP) is 4.70. The Labute approximate surface area is 168 Å². The summed E-state index contributed by atoms with van der Waals surface area (Å²) in [7, 11) is 0. The van der Waals surface area contributed by atoms with Crippen LogP contribution in [0, 0.1) is 19.7 Å². The van der Waals surface area contributed by atoms with Crippen LogP contribution in [0.1, 0.15) is 34.2 Å². The molecule has 1 heterocycles. The summed E-state index contributed by atoms with van der Waals surface area (Å²) >= 11 is 5.41. The van der Waals surface area contributed by atoms with Gasteiger partial charge in [-0.05, 0) is 75.0 Å². The van der Waals surface area contributed by atoms with E-state index in [9.17, 15) is 9.18 Å². The number of aromatic nitrogens is 2. The van der Waals surface area contributed by atoms with Crippen LogP contribution in [0.2, 0.25) is 0 Å². The van der Waals surface area contributed by atoms with Crippen LogP contribution in [0.15, 0.2) is 48.5 Å². The Morgan fingerprint density at radius 1 is 1.07 bits per heavy atom. The van der Waals surface area contributed by atoms with Gasteiger partial charge in [-0.2, -0.15) is 5.10 Å². The Morgan fingerprint density at radius 3 is 2.32 bits per heavy atom. The fourth-order valence-electron chi connectivity index (χ4n) is 2.86. The Hall–Kier alpha value is -3.06. The van der Waals surface area contributed by atoms with Gasteiger partial charge in [0.15, 0.2) is 10.9 Å². The predicted molar refractivity (Wildman–Crippen MR) is 113 cm³/mol. The molecule has 1 aromatic heterocycles. The number of benzene rings is 2. The smallest absolute Gasteiger partial charge is 0.175 e. The van der Waals surface area contributed by atoms with E-state index in [4.69, 9.17) is 12.2 Å². The molecule has 0 aliphatic rings. The van der Waals surface area contributed by atoms with Crippen molar-refractivity contribution in [2.24, 2.45) is 0 Å². The maximum atomic E-state index is 13.1. The van der Waals surface area contributed by atoms with Crippen LogP contribution in [0.3, 0.4) is 0 Å². The lowest BCUT2D eigenvalue weighted by Crippen LogP contribution is -2.20. The number of hydrogen-bond donors (Lipinski definition) is 2. The van der Waals surface area contributed by atoms with Gasteiger partial charge < -0.3 is 10.6 Å². The molecule has 0 amide bonds. The average molecular weight is 396 g/mol. The topological polar surface area (TPSA) is 59.0 Å². The van der Waals surface area contributed by atoms with Crippen molar-refractivity contribution in [3.63, 3.8) is 0 Å². The van der Waals surface area contributed by atoms with Gasteiger partial charge in [-0.1, -0.05) is 12.1 Å². The lowest BCUT2D eigenvalue weighted by Gasteiger charge is -2.11. The van der Waals surface area contributed by atoms with Crippen LogP contribution >= 0.6 is 12.2 Å². The third kappa shape index (κ3) is 4.61. The van der Waals surface area contributed by atoms with Gasteiger partial charge in [0, 0.05) is 11.3 Å². The maximum Gasteiger partial charge on any atom is 0.175 e. The lowest BCUT2D eigenvalue weighted by atomic mass is 10.1. The zero-order valence-corrected chi connectivity index (χ0v) is 16.7. The van der Waals surface area contributed by atoms with Gasteiger partial charge in [-0.15, -0.1) is 0 Å². The number of hydrogen-bond acceptors (Lipinski definition) is 3. The first-order valence-electron chi connectivity index (χ1n) is 8.81. The largest absolute Gasteiger partial charge is 0.332 e. The molecule has 28 heavy (non-hydrogen) atoms. The van der Waals surface area contributed by atoms with Crippen molar-refractivity contribution < 1.29 is 9.18 Å². The second kappa shape index (κ2) is 8.31. The molecule has 2 N–H and O–H groups in total. The Morgan fingerprint density at radius 2 is 1.71 bits per heavy atom. The van der Waals surface area contributed by atoms with Gasteiger partial charge >= 0.3 is 0 Å². The Bertz CT molecular complexity index is 1010. The number of ketones is 1. The minimum atomic E-state index is -0.257. The van der Waals surface area contributed by atoms with Gasteiger partial charge in [0.2, 0.25) is 0 Å². The molecule has 0 atom stereocenters. The summed E-state index contributed by atoms with van der Waals surface area (Å²) in [5.74, 6) is -0.237. The second-order valence-electron chi connectivity index (χ2n) is 6.54. The maximum absolute atomic E-state index is 13.1. The van der Waals surface area contributed by atoms with E-state index in [2.05, 4.69) is 15.7 Å². The zero-order valence-electron chi connectivity index (χ0n) is 15.9. The van der Waals surface area contributed by atoms with Crippen molar-refractivity contribution in [2.45, 2.75) is 27.3 Å². The molecule has 2 aromatic carbocycles. The Balaban J connectivity index is 1.69. The zero-order chi connectivity index (χ0) is 20.3. The summed E-state index contributed by atoms with van der Waals surface area (Å²) in [6.45, 7) is 5.93. The number of carbonyl (C=O) groups is 1. The summed E-state index contributed by atoms with van der Waals surface area (Å²) in [6, 6.07) is 13.5. The highest BCUT2D eigenvalue weighted by Crippen LogP contribution is 2.21. The molecular formula is C21H21FN4OS. The number of carbonyl (C=O) groups excluding carboxylic acids is 1. The van der Waals surface area contributed by atoms with Crippen molar-refractivity contribution in [2.75, 3.05) is 10.6 Å². The number of anilines is 2. The number of rotatable bonds is 5. The fourth-order valence-corrected chi connectivity index (χ4v) is 3.08. The van der Waals surface area contributed by atoms with Crippen LogP contribution in [0.25, 0.3) is 0 Å². The number of halogens is 1. The molecule has 0 saturated carbocycles. The lowest BCUT2D eigenvalue weighted by molar-refractivity contribution is 0.101. The molecule has 5 nitrogen and oxygen atoms in total. The molecule has 0 spiro atoms. The van der Waals surface area contributed by atoms with Crippen molar-refractivity contribution in [3.05, 3.63) is 76.9 Å². The van der Waals surface area contributed by atoms with E-state index >= 15 is 0 Å². The van der Waals surface area contributed by atoms with Crippen molar-refractivity contribution in [1.82, 2.24) is 9.78 Å². The SMILES string of the molecule is CC(=O)c1ccc(NC(=S)Nc2c(C)nn(Cc3ccc(F)cc3)c2C)cc1. The fraction of sp³-hybridized carbons (Fsp3) is 0.190. The van der Waals surface area contributed by atoms with Crippen molar-refractivity contribution in [1.29, 1.82) is 0 Å². The van der Waals surface area contributed by atoms with E-state index < -0.39 is 0 Å². The van der Waals surface area contributed by atoms with E-state index in [1.165, 1.54) is 19.1 Å². The van der Waals surface area contributed by atoms with E-state index in [1.54, 1.807) is 24.3 Å². The molecule has 0 fully saturated rings. The van der Waals surface area contributed by atoms with Crippen LogP contribution < -0.4 is 10.6 Å². The van der Waals surface area contributed by atoms with Gasteiger partial charge in [0.05, 0.1) is 23.6 Å². The molecule has 3 rings (SSSR count). The van der Waals surface area contributed by atoms with E-state index in [0.29, 0.717) is 17.2 Å². The summed E-state index contributed by atoms with van der Waals surface area (Å²) in [4.78, 5) is 11.4. The molecule has 144 valence electrons. The summed E-state index contributed by atoms with van der Waals surface area (Å²) in [6.07, 6.45) is 0. The Kier molecular flexibility index (Phi) is 5.84. The molecule has 0 aliphatic carbocycles. The normalized spacial score (nSPS) is 10.6. The van der Waals surface area contributed by atoms with Crippen molar-refractivity contribution in [3.8, 4) is 0 Å². The molecule has 0 bridgehead atoms. The highest BCUT2D eigenvalue weighted by molar-refractivity contribution is 7.80. The molecule has 0 radical (unpaired) electrons. The highest BCUT2D eigenvalue weighted by Gasteiger charge is 2.13. The summed E-state index contributed by atoms with van der Waals surface area (Å²) in [5.41, 5.74) is 4.98. The van der Waals surface area contributed by atoms with Crippen LogP contribution in [0.4, 0.5) is 15.8 Å². The van der Waals surface area contributed by atoms with E-state index in [0.717, 1.165) is 28.3 Å². The summed E-state index contributed by atoms with van der Waals surface area (Å²) < 4.78 is 14.9. The summed E-state index contributed by atoms with van der Waals surface area (Å²) in [5, 5.41) is 11.3. The molecule has 0 aliphatic heterocycles. The number of nitrogens with zero attached hydrogens (tertiary/aromatic N) is 2.